The molecule has 1 aliphatic heterocycles. The monoisotopic (exact) mass is 228 g/mol. The highest BCUT2D eigenvalue weighted by Crippen LogP contribution is 2.16. The van der Waals surface area contributed by atoms with E-state index in [1.54, 1.807) is 0 Å². The Kier molecular flexibility index (Phi) is 5.77. The van der Waals surface area contributed by atoms with E-state index in [1.807, 2.05) is 20.9 Å². The van der Waals surface area contributed by atoms with Gasteiger partial charge in [-0.1, -0.05) is 6.42 Å². The van der Waals surface area contributed by atoms with Crippen molar-refractivity contribution in [2.45, 2.75) is 45.3 Å². The first-order valence-electron chi connectivity index (χ1n) is 6.21. The molecule has 1 fully saturated rings. The fourth-order valence-corrected chi connectivity index (χ4v) is 2.20. The molecule has 4 nitrogen and oxygen atoms in total. The van der Waals surface area contributed by atoms with Gasteiger partial charge >= 0.3 is 5.97 Å². The Bertz CT molecular complexity index is 217. The number of carbonyl (C=O) groups is 1. The van der Waals surface area contributed by atoms with E-state index in [-0.39, 0.29) is 12.1 Å². The van der Waals surface area contributed by atoms with E-state index in [1.165, 1.54) is 19.3 Å². The second kappa shape index (κ2) is 6.86. The first-order chi connectivity index (χ1) is 7.63. The minimum absolute atomic E-state index is 0.0139. The van der Waals surface area contributed by atoms with Crippen LogP contribution in [-0.2, 0) is 9.53 Å². The maximum absolute atomic E-state index is 11.6. The molecule has 16 heavy (non-hydrogen) atoms. The van der Waals surface area contributed by atoms with Crippen molar-refractivity contribution in [3.63, 3.8) is 0 Å². The number of carbonyl (C=O) groups excluding carboxylic acids is 1. The summed E-state index contributed by atoms with van der Waals surface area (Å²) in [7, 11) is 1.96. The van der Waals surface area contributed by atoms with Crippen LogP contribution >= 0.6 is 0 Å². The standard InChI is InChI=1S/C12H24N2O2/c1-10(2)16-12(15)9-14-7-5-4-6-11(14)8-13-3/h10-11,13H,4-9H2,1-3H3. The van der Waals surface area contributed by atoms with Crippen LogP contribution in [0.25, 0.3) is 0 Å². The number of ether oxygens (including phenoxy) is 1. The molecule has 94 valence electrons. The summed E-state index contributed by atoms with van der Waals surface area (Å²) in [6.45, 7) is 6.18. The molecule has 0 aromatic rings. The molecule has 1 saturated heterocycles. The van der Waals surface area contributed by atoms with Crippen LogP contribution in [0.3, 0.4) is 0 Å². The highest BCUT2D eigenvalue weighted by Gasteiger charge is 2.24. The molecule has 1 atom stereocenters. The fourth-order valence-electron chi connectivity index (χ4n) is 2.20. The van der Waals surface area contributed by atoms with Crippen molar-refractivity contribution in [2.75, 3.05) is 26.7 Å². The van der Waals surface area contributed by atoms with Crippen molar-refractivity contribution in [3.05, 3.63) is 0 Å². The largest absolute Gasteiger partial charge is 0.462 e. The van der Waals surface area contributed by atoms with Crippen molar-refractivity contribution >= 4 is 5.97 Å². The molecule has 1 unspecified atom stereocenters. The van der Waals surface area contributed by atoms with Gasteiger partial charge < -0.3 is 10.1 Å². The topological polar surface area (TPSA) is 41.6 Å². The summed E-state index contributed by atoms with van der Waals surface area (Å²) in [6, 6.07) is 0.485. The Morgan fingerprint density at radius 1 is 1.50 bits per heavy atom. The van der Waals surface area contributed by atoms with Crippen molar-refractivity contribution in [2.24, 2.45) is 0 Å². The number of piperidine rings is 1. The average molecular weight is 228 g/mol. The van der Waals surface area contributed by atoms with Crippen molar-refractivity contribution in [1.29, 1.82) is 0 Å². The molecule has 1 N–H and O–H groups in total. The first-order valence-corrected chi connectivity index (χ1v) is 6.21. The zero-order valence-corrected chi connectivity index (χ0v) is 10.7. The maximum atomic E-state index is 11.6. The first kappa shape index (κ1) is 13.5. The van der Waals surface area contributed by atoms with Crippen LogP contribution in [0.15, 0.2) is 0 Å². The Morgan fingerprint density at radius 3 is 2.88 bits per heavy atom. The molecule has 0 aliphatic carbocycles. The van der Waals surface area contributed by atoms with E-state index in [0.29, 0.717) is 12.6 Å². The Balaban J connectivity index is 2.39. The van der Waals surface area contributed by atoms with E-state index < -0.39 is 0 Å². The minimum atomic E-state index is -0.0991. The zero-order chi connectivity index (χ0) is 12.0. The van der Waals surface area contributed by atoms with E-state index in [0.717, 1.165) is 13.1 Å². The number of nitrogens with zero attached hydrogens (tertiary/aromatic N) is 1. The molecular weight excluding hydrogens is 204 g/mol. The van der Waals surface area contributed by atoms with E-state index in [2.05, 4.69) is 10.2 Å². The van der Waals surface area contributed by atoms with Crippen LogP contribution in [-0.4, -0.2) is 49.7 Å². The zero-order valence-electron chi connectivity index (χ0n) is 10.7. The Labute approximate surface area is 98.3 Å². The van der Waals surface area contributed by atoms with Crippen molar-refractivity contribution in [3.8, 4) is 0 Å². The lowest BCUT2D eigenvalue weighted by Crippen LogP contribution is -2.47. The molecule has 0 aromatic carbocycles. The molecule has 0 radical (unpaired) electrons. The number of hydrogen-bond acceptors (Lipinski definition) is 4. The number of likely N-dealkylation sites (N-methyl/N-ethyl adjacent to an activating group) is 1. The van der Waals surface area contributed by atoms with Gasteiger partial charge in [0, 0.05) is 12.6 Å². The number of nitrogens with one attached hydrogen (secondary N) is 1. The third-order valence-corrected chi connectivity index (χ3v) is 2.89. The quantitative estimate of drug-likeness (QED) is 0.713. The Hall–Kier alpha value is -0.610. The number of esters is 1. The number of likely N-dealkylation sites (tertiary alicyclic amines) is 1. The lowest BCUT2D eigenvalue weighted by Gasteiger charge is -2.34. The summed E-state index contributed by atoms with van der Waals surface area (Å²) in [5.41, 5.74) is 0. The normalized spacial score (nSPS) is 22.4. The fraction of sp³-hybridized carbons (Fsp3) is 0.917. The smallest absolute Gasteiger partial charge is 0.320 e. The third-order valence-electron chi connectivity index (χ3n) is 2.89. The summed E-state index contributed by atoms with van der Waals surface area (Å²) in [5, 5.41) is 3.19. The van der Waals surface area contributed by atoms with Crippen molar-refractivity contribution in [1.82, 2.24) is 10.2 Å². The summed E-state index contributed by atoms with van der Waals surface area (Å²) in [6.07, 6.45) is 3.62. The van der Waals surface area contributed by atoms with Crippen LogP contribution in [0.5, 0.6) is 0 Å². The average Bonchev–Trinajstić information content (AvgIpc) is 2.20. The van der Waals surface area contributed by atoms with Gasteiger partial charge in [0.1, 0.15) is 0 Å². The highest BCUT2D eigenvalue weighted by molar-refractivity contribution is 5.71. The molecule has 0 spiro atoms. The lowest BCUT2D eigenvalue weighted by molar-refractivity contribution is -0.149. The van der Waals surface area contributed by atoms with Gasteiger partial charge in [0.05, 0.1) is 12.6 Å². The Morgan fingerprint density at radius 2 is 2.25 bits per heavy atom. The summed E-state index contributed by atoms with van der Waals surface area (Å²) < 4.78 is 5.18. The second-order valence-corrected chi connectivity index (χ2v) is 4.72. The molecule has 0 bridgehead atoms. The molecule has 0 aromatic heterocycles. The summed E-state index contributed by atoms with van der Waals surface area (Å²) in [4.78, 5) is 13.8. The molecular formula is C12H24N2O2. The van der Waals surface area contributed by atoms with E-state index in [9.17, 15) is 4.79 Å². The third kappa shape index (κ3) is 4.49. The number of rotatable bonds is 5. The maximum Gasteiger partial charge on any atom is 0.320 e. The van der Waals surface area contributed by atoms with Gasteiger partial charge in [0.15, 0.2) is 0 Å². The van der Waals surface area contributed by atoms with Crippen LogP contribution in [0.1, 0.15) is 33.1 Å². The van der Waals surface area contributed by atoms with Crippen LogP contribution in [0, 0.1) is 0 Å². The second-order valence-electron chi connectivity index (χ2n) is 4.72. The highest BCUT2D eigenvalue weighted by atomic mass is 16.5. The van der Waals surface area contributed by atoms with Crippen LogP contribution < -0.4 is 5.32 Å². The molecule has 1 rings (SSSR count). The van der Waals surface area contributed by atoms with E-state index in [4.69, 9.17) is 4.74 Å². The lowest BCUT2D eigenvalue weighted by atomic mass is 10.0. The molecule has 4 heteroatoms. The molecule has 1 aliphatic rings. The van der Waals surface area contributed by atoms with Gasteiger partial charge in [-0.2, -0.15) is 0 Å². The minimum Gasteiger partial charge on any atom is -0.462 e. The van der Waals surface area contributed by atoms with Gasteiger partial charge in [-0.3, -0.25) is 9.69 Å². The van der Waals surface area contributed by atoms with Gasteiger partial charge in [0.25, 0.3) is 0 Å². The van der Waals surface area contributed by atoms with Gasteiger partial charge in [-0.25, -0.2) is 0 Å². The molecule has 1 heterocycles. The SMILES string of the molecule is CNCC1CCCCN1CC(=O)OC(C)C. The van der Waals surface area contributed by atoms with Crippen molar-refractivity contribution < 1.29 is 9.53 Å². The van der Waals surface area contributed by atoms with Gasteiger partial charge in [0.2, 0.25) is 0 Å². The van der Waals surface area contributed by atoms with Crippen LogP contribution in [0.2, 0.25) is 0 Å². The summed E-state index contributed by atoms with van der Waals surface area (Å²) in [5.74, 6) is -0.0991. The van der Waals surface area contributed by atoms with E-state index >= 15 is 0 Å². The van der Waals surface area contributed by atoms with Crippen LogP contribution in [0.4, 0.5) is 0 Å². The summed E-state index contributed by atoms with van der Waals surface area (Å²) >= 11 is 0. The van der Waals surface area contributed by atoms with Gasteiger partial charge in [-0.05, 0) is 40.3 Å². The molecule has 0 saturated carbocycles. The number of hydrogen-bond donors (Lipinski definition) is 1. The molecule has 0 amide bonds. The predicted octanol–water partition coefficient (Wildman–Crippen LogP) is 1.01. The van der Waals surface area contributed by atoms with Gasteiger partial charge in [-0.15, -0.1) is 0 Å². The predicted molar refractivity (Wildman–Crippen MR) is 64.4 cm³/mol.